The van der Waals surface area contributed by atoms with E-state index in [1.165, 1.54) is 18.2 Å². The van der Waals surface area contributed by atoms with E-state index >= 15 is 0 Å². The number of hydrogen-bond donors (Lipinski definition) is 3. The minimum Gasteiger partial charge on any atom is -0.495 e. The minimum absolute atomic E-state index is 0.0230. The summed E-state index contributed by atoms with van der Waals surface area (Å²) in [5.74, 6) is -7.43. The molecule has 1 aromatic carbocycles. The Morgan fingerprint density at radius 3 is 2.72 bits per heavy atom. The van der Waals surface area contributed by atoms with Crippen molar-refractivity contribution in [2.24, 2.45) is 0 Å². The van der Waals surface area contributed by atoms with Gasteiger partial charge in [0.25, 0.3) is 5.91 Å². The van der Waals surface area contributed by atoms with Crippen LogP contribution < -0.4 is 20.3 Å². The van der Waals surface area contributed by atoms with E-state index < -0.39 is 35.7 Å². The van der Waals surface area contributed by atoms with E-state index in [4.69, 9.17) is 9.84 Å². The van der Waals surface area contributed by atoms with Crippen molar-refractivity contribution in [2.45, 2.75) is 37.6 Å². The molecule has 12 heteroatoms. The van der Waals surface area contributed by atoms with Crippen LogP contribution in [0, 0.1) is 5.82 Å². The number of aromatic carboxylic acids is 1. The molecule has 0 unspecified atom stereocenters. The Kier molecular flexibility index (Phi) is 5.53. The highest BCUT2D eigenvalue weighted by atomic mass is 19.3. The summed E-state index contributed by atoms with van der Waals surface area (Å²) >= 11 is 0. The molecule has 0 saturated heterocycles. The molecule has 0 spiro atoms. The molecule has 9 nitrogen and oxygen atoms in total. The lowest BCUT2D eigenvalue weighted by Crippen LogP contribution is -2.46. The highest BCUT2D eigenvalue weighted by Gasteiger charge is 2.46. The number of methoxy groups -OCH3 is 1. The molecule has 32 heavy (non-hydrogen) atoms. The fourth-order valence-corrected chi connectivity index (χ4v) is 3.94. The summed E-state index contributed by atoms with van der Waals surface area (Å²) in [7, 11) is 1.28. The van der Waals surface area contributed by atoms with Crippen LogP contribution in [0.25, 0.3) is 0 Å². The zero-order valence-corrected chi connectivity index (χ0v) is 17.0. The quantitative estimate of drug-likeness (QED) is 0.633. The van der Waals surface area contributed by atoms with Gasteiger partial charge >= 0.3 is 11.9 Å². The third-order valence-corrected chi connectivity index (χ3v) is 5.52. The van der Waals surface area contributed by atoms with Crippen molar-refractivity contribution >= 4 is 35.0 Å². The van der Waals surface area contributed by atoms with Crippen LogP contribution in [0.3, 0.4) is 0 Å². The normalized spacial score (nSPS) is 18.0. The average Bonchev–Trinajstić information content (AvgIpc) is 3.24. The molecular weight excluding hydrogens is 431 g/mol. The van der Waals surface area contributed by atoms with Crippen LogP contribution in [0.1, 0.15) is 36.0 Å². The molecule has 1 saturated carbocycles. The zero-order chi connectivity index (χ0) is 23.0. The van der Waals surface area contributed by atoms with Crippen molar-refractivity contribution in [1.82, 2.24) is 9.97 Å². The van der Waals surface area contributed by atoms with Gasteiger partial charge in [0, 0.05) is 12.1 Å². The van der Waals surface area contributed by atoms with Gasteiger partial charge in [0.2, 0.25) is 5.95 Å². The number of amides is 1. The average molecular weight is 451 g/mol. The van der Waals surface area contributed by atoms with Crippen molar-refractivity contribution in [2.75, 3.05) is 29.2 Å². The highest BCUT2D eigenvalue weighted by Crippen LogP contribution is 2.38. The van der Waals surface area contributed by atoms with Crippen LogP contribution >= 0.6 is 0 Å². The number of carboxylic acids is 1. The van der Waals surface area contributed by atoms with Gasteiger partial charge in [-0.2, -0.15) is 13.8 Å². The Bertz CT molecular complexity index is 1080. The fourth-order valence-electron chi connectivity index (χ4n) is 3.94. The van der Waals surface area contributed by atoms with Crippen molar-refractivity contribution < 1.29 is 32.6 Å². The molecule has 1 aliphatic heterocycles. The first-order chi connectivity index (χ1) is 15.2. The minimum atomic E-state index is -3.62. The Morgan fingerprint density at radius 1 is 1.34 bits per heavy atom. The van der Waals surface area contributed by atoms with Crippen LogP contribution in [-0.4, -0.2) is 52.6 Å². The van der Waals surface area contributed by atoms with Gasteiger partial charge in [0.15, 0.2) is 5.82 Å². The van der Waals surface area contributed by atoms with Crippen LogP contribution in [0.15, 0.2) is 18.3 Å². The summed E-state index contributed by atoms with van der Waals surface area (Å²) in [4.78, 5) is 32.9. The maximum Gasteiger partial charge on any atom is 0.341 e. The number of benzene rings is 1. The van der Waals surface area contributed by atoms with Gasteiger partial charge in [-0.05, 0) is 18.9 Å². The van der Waals surface area contributed by atoms with Gasteiger partial charge < -0.3 is 25.4 Å². The predicted octanol–water partition coefficient (Wildman–Crippen LogP) is 3.40. The molecule has 1 amide bonds. The number of alkyl halides is 2. The third kappa shape index (κ3) is 3.99. The van der Waals surface area contributed by atoms with Gasteiger partial charge in [0.05, 0.1) is 31.1 Å². The number of aromatic nitrogens is 2. The van der Waals surface area contributed by atoms with E-state index in [1.54, 1.807) is 0 Å². The van der Waals surface area contributed by atoms with E-state index in [2.05, 4.69) is 20.6 Å². The standard InChI is InChI=1S/C20H20F3N5O4/c1-32-15-6-11(17(29)30)12(21)7-13(15)26-19-24-8-14-16(27-19)28(10-4-2-3-5-10)9-20(22,23)18(31)25-14/h6-8,10H,2-5,9H2,1H3,(H,25,31)(H,29,30)(H,24,26,27). The van der Waals surface area contributed by atoms with Crippen LogP contribution in [-0.2, 0) is 4.79 Å². The second-order valence-electron chi connectivity index (χ2n) is 7.62. The first-order valence-electron chi connectivity index (χ1n) is 9.90. The van der Waals surface area contributed by atoms with Crippen molar-refractivity contribution in [3.8, 4) is 5.75 Å². The Morgan fingerprint density at radius 2 is 2.06 bits per heavy atom. The molecular formula is C20H20F3N5O4. The first kappa shape index (κ1) is 21.7. The third-order valence-electron chi connectivity index (χ3n) is 5.52. The SMILES string of the molecule is COc1cc(C(=O)O)c(F)cc1Nc1ncc2c(n1)N(C1CCCC1)CC(F)(F)C(=O)N2. The van der Waals surface area contributed by atoms with Crippen LogP contribution in [0.5, 0.6) is 5.75 Å². The number of carbonyl (C=O) groups excluding carboxylic acids is 1. The fraction of sp³-hybridized carbons (Fsp3) is 0.400. The van der Waals surface area contributed by atoms with Crippen LogP contribution in [0.4, 0.5) is 36.3 Å². The lowest BCUT2D eigenvalue weighted by Gasteiger charge is -2.31. The number of fused-ring (bicyclic) bond motifs is 1. The largest absolute Gasteiger partial charge is 0.495 e. The number of rotatable bonds is 5. The summed E-state index contributed by atoms with van der Waals surface area (Å²) in [6.07, 6.45) is 4.33. The molecule has 0 radical (unpaired) electrons. The molecule has 1 aliphatic carbocycles. The maximum atomic E-state index is 14.4. The molecule has 170 valence electrons. The van der Waals surface area contributed by atoms with Crippen LogP contribution in [0.2, 0.25) is 0 Å². The van der Waals surface area contributed by atoms with Crippen molar-refractivity contribution in [3.63, 3.8) is 0 Å². The first-order valence-corrected chi connectivity index (χ1v) is 9.90. The van der Waals surface area contributed by atoms with Crippen molar-refractivity contribution in [3.05, 3.63) is 29.7 Å². The van der Waals surface area contributed by atoms with Gasteiger partial charge in [-0.3, -0.25) is 4.79 Å². The van der Waals surface area contributed by atoms with Gasteiger partial charge in [-0.25, -0.2) is 14.2 Å². The number of nitrogens with one attached hydrogen (secondary N) is 2. The molecule has 2 aliphatic rings. The van der Waals surface area contributed by atoms with E-state index in [-0.39, 0.29) is 34.9 Å². The highest BCUT2D eigenvalue weighted by molar-refractivity contribution is 6.00. The Hall–Kier alpha value is -3.57. The molecule has 1 aromatic heterocycles. The number of hydrogen-bond acceptors (Lipinski definition) is 7. The second kappa shape index (κ2) is 8.17. The zero-order valence-electron chi connectivity index (χ0n) is 17.0. The number of ether oxygens (including phenoxy) is 1. The summed E-state index contributed by atoms with van der Waals surface area (Å²) in [6, 6.07) is 1.72. The molecule has 0 atom stereocenters. The number of carbonyl (C=O) groups is 2. The lowest BCUT2D eigenvalue weighted by atomic mass is 10.1. The molecule has 0 bridgehead atoms. The number of carboxylic acid groups (broad SMARTS) is 1. The number of halogens is 3. The molecule has 1 fully saturated rings. The van der Waals surface area contributed by atoms with Gasteiger partial charge in [0.1, 0.15) is 17.3 Å². The number of anilines is 4. The molecule has 2 aromatic rings. The van der Waals surface area contributed by atoms with E-state index in [9.17, 15) is 22.8 Å². The Labute approximate surface area is 180 Å². The summed E-state index contributed by atoms with van der Waals surface area (Å²) < 4.78 is 48.1. The van der Waals surface area contributed by atoms with Gasteiger partial charge in [-0.15, -0.1) is 0 Å². The molecule has 3 N–H and O–H groups in total. The molecule has 4 rings (SSSR count). The van der Waals surface area contributed by atoms with E-state index in [1.807, 2.05) is 0 Å². The smallest absolute Gasteiger partial charge is 0.341 e. The summed E-state index contributed by atoms with van der Waals surface area (Å²) in [5, 5.41) is 14.0. The predicted molar refractivity (Wildman–Crippen MR) is 108 cm³/mol. The second-order valence-corrected chi connectivity index (χ2v) is 7.62. The van der Waals surface area contributed by atoms with Gasteiger partial charge in [-0.1, -0.05) is 12.8 Å². The van der Waals surface area contributed by atoms with Crippen molar-refractivity contribution in [1.29, 1.82) is 0 Å². The summed E-state index contributed by atoms with van der Waals surface area (Å²) in [5.41, 5.74) is -0.484. The monoisotopic (exact) mass is 451 g/mol. The van der Waals surface area contributed by atoms with E-state index in [0.717, 1.165) is 25.0 Å². The number of nitrogens with zero attached hydrogens (tertiary/aromatic N) is 3. The Balaban J connectivity index is 1.72. The molecule has 2 heterocycles. The van der Waals surface area contributed by atoms with E-state index in [0.29, 0.717) is 12.8 Å². The lowest BCUT2D eigenvalue weighted by molar-refractivity contribution is -0.138. The summed E-state index contributed by atoms with van der Waals surface area (Å²) in [6.45, 7) is -0.821. The topological polar surface area (TPSA) is 117 Å². The maximum absolute atomic E-state index is 14.4.